The Bertz CT molecular complexity index is 225. The predicted molar refractivity (Wildman–Crippen MR) is 75.5 cm³/mol. The van der Waals surface area contributed by atoms with E-state index in [0.29, 0.717) is 6.42 Å². The van der Waals surface area contributed by atoms with Crippen molar-refractivity contribution in [3.05, 3.63) is 0 Å². The molecule has 0 bridgehead atoms. The Hall–Kier alpha value is -0.530. The molecule has 1 saturated carbocycles. The monoisotopic (exact) mass is 254 g/mol. The van der Waals surface area contributed by atoms with Gasteiger partial charge in [0.1, 0.15) is 0 Å². The van der Waals surface area contributed by atoms with Crippen LogP contribution in [-0.2, 0) is 9.53 Å². The van der Waals surface area contributed by atoms with Crippen molar-refractivity contribution < 1.29 is 9.53 Å². The van der Waals surface area contributed by atoms with Gasteiger partial charge in [-0.15, -0.1) is 0 Å². The number of carbonyl (C=O) groups is 1. The fourth-order valence-corrected chi connectivity index (χ4v) is 2.81. The lowest BCUT2D eigenvalue weighted by Crippen LogP contribution is -1.99. The lowest BCUT2D eigenvalue weighted by Gasteiger charge is -2.01. The number of unbranched alkanes of at least 4 members (excludes halogenated alkanes) is 5. The number of methoxy groups -OCH3 is 1. The van der Waals surface area contributed by atoms with Gasteiger partial charge in [-0.1, -0.05) is 51.9 Å². The van der Waals surface area contributed by atoms with Gasteiger partial charge in [-0.3, -0.25) is 4.79 Å². The van der Waals surface area contributed by atoms with Gasteiger partial charge in [0.05, 0.1) is 7.11 Å². The zero-order valence-corrected chi connectivity index (χ0v) is 12.2. The standard InChI is InChI=1S/C16H30O2/c1-3-4-5-6-7-8-10-14-13-15(14)11-9-12-16(17)18-2/h14-15H,3-13H2,1-2H3. The average molecular weight is 254 g/mol. The molecule has 0 spiro atoms. The molecule has 0 radical (unpaired) electrons. The molecule has 0 aromatic carbocycles. The van der Waals surface area contributed by atoms with Crippen LogP contribution >= 0.6 is 0 Å². The molecule has 2 atom stereocenters. The summed E-state index contributed by atoms with van der Waals surface area (Å²) in [6.45, 7) is 2.27. The molecule has 18 heavy (non-hydrogen) atoms. The molecule has 1 rings (SSSR count). The van der Waals surface area contributed by atoms with Crippen LogP contribution in [0.3, 0.4) is 0 Å². The Morgan fingerprint density at radius 2 is 1.61 bits per heavy atom. The fraction of sp³-hybridized carbons (Fsp3) is 0.938. The van der Waals surface area contributed by atoms with Crippen molar-refractivity contribution in [1.82, 2.24) is 0 Å². The molecule has 2 unspecified atom stereocenters. The second kappa shape index (κ2) is 9.41. The maximum absolute atomic E-state index is 11.0. The van der Waals surface area contributed by atoms with Crippen LogP contribution in [0.15, 0.2) is 0 Å². The molecular weight excluding hydrogens is 224 g/mol. The third-order valence-corrected chi connectivity index (χ3v) is 4.18. The van der Waals surface area contributed by atoms with Crippen LogP contribution < -0.4 is 0 Å². The highest BCUT2D eigenvalue weighted by Crippen LogP contribution is 2.45. The lowest BCUT2D eigenvalue weighted by atomic mass is 10.1. The molecule has 1 aliphatic carbocycles. The van der Waals surface area contributed by atoms with E-state index >= 15 is 0 Å². The van der Waals surface area contributed by atoms with E-state index in [2.05, 4.69) is 11.7 Å². The van der Waals surface area contributed by atoms with Crippen molar-refractivity contribution in [2.24, 2.45) is 11.8 Å². The first-order valence-corrected chi connectivity index (χ1v) is 7.84. The molecular formula is C16H30O2. The van der Waals surface area contributed by atoms with Crippen molar-refractivity contribution in [3.63, 3.8) is 0 Å². The van der Waals surface area contributed by atoms with Gasteiger partial charge in [0.15, 0.2) is 0 Å². The first kappa shape index (κ1) is 15.5. The van der Waals surface area contributed by atoms with Crippen LogP contribution in [0.2, 0.25) is 0 Å². The summed E-state index contributed by atoms with van der Waals surface area (Å²) in [6, 6.07) is 0. The van der Waals surface area contributed by atoms with E-state index < -0.39 is 0 Å². The van der Waals surface area contributed by atoms with Gasteiger partial charge < -0.3 is 4.74 Å². The first-order valence-electron chi connectivity index (χ1n) is 7.84. The van der Waals surface area contributed by atoms with Crippen molar-refractivity contribution in [2.75, 3.05) is 7.11 Å². The maximum atomic E-state index is 11.0. The molecule has 0 aromatic heterocycles. The van der Waals surface area contributed by atoms with Crippen LogP contribution in [0.4, 0.5) is 0 Å². The minimum absolute atomic E-state index is 0.0527. The summed E-state index contributed by atoms with van der Waals surface area (Å²) in [5.41, 5.74) is 0. The normalized spacial score (nSPS) is 21.9. The summed E-state index contributed by atoms with van der Waals surface area (Å²) in [5, 5.41) is 0. The molecule has 0 N–H and O–H groups in total. The number of carbonyl (C=O) groups excluding carboxylic acids is 1. The molecule has 1 aliphatic rings. The zero-order valence-electron chi connectivity index (χ0n) is 12.2. The van der Waals surface area contributed by atoms with Crippen molar-refractivity contribution in [3.8, 4) is 0 Å². The Morgan fingerprint density at radius 1 is 1.00 bits per heavy atom. The van der Waals surface area contributed by atoms with E-state index in [1.165, 1.54) is 64.9 Å². The highest BCUT2D eigenvalue weighted by molar-refractivity contribution is 5.68. The molecule has 0 aromatic rings. The second-order valence-corrected chi connectivity index (χ2v) is 5.78. The summed E-state index contributed by atoms with van der Waals surface area (Å²) < 4.78 is 4.65. The quantitative estimate of drug-likeness (QED) is 0.394. The molecule has 0 amide bonds. The van der Waals surface area contributed by atoms with Gasteiger partial charge in [0.2, 0.25) is 0 Å². The first-order chi connectivity index (χ1) is 8.77. The minimum atomic E-state index is -0.0527. The van der Waals surface area contributed by atoms with Crippen LogP contribution in [0.5, 0.6) is 0 Å². The number of hydrogen-bond acceptors (Lipinski definition) is 2. The van der Waals surface area contributed by atoms with Gasteiger partial charge in [0.25, 0.3) is 0 Å². The summed E-state index contributed by atoms with van der Waals surface area (Å²) in [6.07, 6.45) is 14.1. The van der Waals surface area contributed by atoms with Gasteiger partial charge in [-0.25, -0.2) is 0 Å². The Kier molecular flexibility index (Phi) is 8.11. The Labute approximate surface area is 112 Å². The van der Waals surface area contributed by atoms with Gasteiger partial charge in [0, 0.05) is 6.42 Å². The van der Waals surface area contributed by atoms with E-state index in [4.69, 9.17) is 0 Å². The van der Waals surface area contributed by atoms with Gasteiger partial charge >= 0.3 is 5.97 Å². The summed E-state index contributed by atoms with van der Waals surface area (Å²) in [7, 11) is 1.47. The molecule has 0 aliphatic heterocycles. The molecule has 2 heteroatoms. The largest absolute Gasteiger partial charge is 0.469 e. The second-order valence-electron chi connectivity index (χ2n) is 5.78. The topological polar surface area (TPSA) is 26.3 Å². The zero-order chi connectivity index (χ0) is 13.2. The van der Waals surface area contributed by atoms with E-state index in [1.54, 1.807) is 0 Å². The van der Waals surface area contributed by atoms with Gasteiger partial charge in [-0.05, 0) is 31.1 Å². The smallest absolute Gasteiger partial charge is 0.305 e. The minimum Gasteiger partial charge on any atom is -0.469 e. The van der Waals surface area contributed by atoms with E-state index in [1.807, 2.05) is 0 Å². The third-order valence-electron chi connectivity index (χ3n) is 4.18. The van der Waals surface area contributed by atoms with E-state index in [9.17, 15) is 4.79 Å². The van der Waals surface area contributed by atoms with Gasteiger partial charge in [-0.2, -0.15) is 0 Å². The number of esters is 1. The Balaban J connectivity index is 1.84. The Morgan fingerprint density at radius 3 is 2.28 bits per heavy atom. The average Bonchev–Trinajstić information content (AvgIpc) is 3.12. The SMILES string of the molecule is CCCCCCCCC1CC1CCCC(=O)OC. The molecule has 106 valence electrons. The van der Waals surface area contributed by atoms with E-state index in [-0.39, 0.29) is 5.97 Å². The maximum Gasteiger partial charge on any atom is 0.305 e. The number of hydrogen-bond donors (Lipinski definition) is 0. The third kappa shape index (κ3) is 7.03. The lowest BCUT2D eigenvalue weighted by molar-refractivity contribution is -0.140. The molecule has 1 fully saturated rings. The van der Waals surface area contributed by atoms with Crippen molar-refractivity contribution in [2.45, 2.75) is 77.6 Å². The predicted octanol–water partition coefficient (Wildman–Crippen LogP) is 4.72. The van der Waals surface area contributed by atoms with Crippen LogP contribution in [0, 0.1) is 11.8 Å². The number of ether oxygens (including phenoxy) is 1. The van der Waals surface area contributed by atoms with Crippen molar-refractivity contribution >= 4 is 5.97 Å². The number of rotatable bonds is 11. The summed E-state index contributed by atoms with van der Waals surface area (Å²) in [5.74, 6) is 1.85. The van der Waals surface area contributed by atoms with E-state index in [0.717, 1.165) is 18.3 Å². The van der Waals surface area contributed by atoms with Crippen LogP contribution in [-0.4, -0.2) is 13.1 Å². The highest BCUT2D eigenvalue weighted by atomic mass is 16.5. The van der Waals surface area contributed by atoms with Crippen molar-refractivity contribution in [1.29, 1.82) is 0 Å². The summed E-state index contributed by atoms with van der Waals surface area (Å²) in [4.78, 5) is 11.0. The van der Waals surface area contributed by atoms with Crippen LogP contribution in [0.1, 0.15) is 77.6 Å². The fourth-order valence-electron chi connectivity index (χ4n) is 2.81. The highest BCUT2D eigenvalue weighted by Gasteiger charge is 2.35. The molecule has 2 nitrogen and oxygen atoms in total. The molecule has 0 heterocycles. The summed E-state index contributed by atoms with van der Waals surface area (Å²) >= 11 is 0. The van der Waals surface area contributed by atoms with Crippen LogP contribution in [0.25, 0.3) is 0 Å². The molecule has 0 saturated heterocycles.